The van der Waals surface area contributed by atoms with Crippen molar-refractivity contribution < 1.29 is 9.59 Å². The number of carbonyl (C=O) groups excluding carboxylic acids is 2. The Morgan fingerprint density at radius 1 is 0.950 bits per heavy atom. The summed E-state index contributed by atoms with van der Waals surface area (Å²) >= 11 is 0. The largest absolute Gasteiger partial charge is 0.348 e. The normalized spacial score (nSPS) is 9.70. The Bertz CT molecular complexity index is 502. The molecule has 0 aromatic heterocycles. The minimum atomic E-state index is -0.220. The molecule has 0 aliphatic carbocycles. The van der Waals surface area contributed by atoms with Gasteiger partial charge in [0.2, 0.25) is 0 Å². The summed E-state index contributed by atoms with van der Waals surface area (Å²) in [6, 6.07) is 6.60. The second-order valence-electron chi connectivity index (χ2n) is 4.86. The van der Waals surface area contributed by atoms with Crippen LogP contribution in [0.2, 0.25) is 0 Å². The quantitative estimate of drug-likeness (QED) is 0.781. The Morgan fingerprint density at radius 3 is 1.70 bits per heavy atom. The maximum Gasteiger partial charge on any atom is 0.251 e. The molecule has 0 fully saturated rings. The number of rotatable bonds is 6. The minimum Gasteiger partial charge on any atom is -0.348 e. The van der Waals surface area contributed by atoms with Crippen LogP contribution in [-0.4, -0.2) is 24.9 Å². The highest BCUT2D eigenvalue weighted by molar-refractivity contribution is 5.99. The summed E-state index contributed by atoms with van der Waals surface area (Å²) in [5, 5.41) is 5.46. The van der Waals surface area contributed by atoms with Gasteiger partial charge in [-0.05, 0) is 32.0 Å². The smallest absolute Gasteiger partial charge is 0.251 e. The van der Waals surface area contributed by atoms with Gasteiger partial charge in [-0.25, -0.2) is 0 Å². The molecule has 20 heavy (non-hydrogen) atoms. The Morgan fingerprint density at radius 2 is 1.35 bits per heavy atom. The zero-order valence-electron chi connectivity index (χ0n) is 12.0. The number of hydrogen-bond donors (Lipinski definition) is 2. The van der Waals surface area contributed by atoms with E-state index < -0.39 is 0 Å². The Kier molecular flexibility index (Phi) is 5.72. The number of hydrogen-bond acceptors (Lipinski definition) is 2. The van der Waals surface area contributed by atoms with E-state index in [1.165, 1.54) is 0 Å². The lowest BCUT2D eigenvalue weighted by atomic mass is 10.1. The van der Waals surface area contributed by atoms with Gasteiger partial charge in [0, 0.05) is 24.2 Å². The van der Waals surface area contributed by atoms with E-state index >= 15 is 0 Å². The number of benzene rings is 1. The standard InChI is InChI=1S/C16H20N2O2/c1-11(2)9-17-15(19)13-6-5-7-14(8-13)16(20)18-10-12(3)4/h5-8H,1,3,9-10H2,2,4H3,(H,17,19)(H,18,20). The van der Waals surface area contributed by atoms with Gasteiger partial charge in [0.05, 0.1) is 0 Å². The molecule has 1 aromatic carbocycles. The summed E-state index contributed by atoms with van der Waals surface area (Å²) in [5.74, 6) is -0.440. The number of amides is 2. The van der Waals surface area contributed by atoms with Crippen molar-refractivity contribution in [3.63, 3.8) is 0 Å². The van der Waals surface area contributed by atoms with E-state index in [4.69, 9.17) is 0 Å². The third kappa shape index (κ3) is 5.10. The molecule has 0 heterocycles. The highest BCUT2D eigenvalue weighted by Gasteiger charge is 2.09. The predicted molar refractivity (Wildman–Crippen MR) is 80.7 cm³/mol. The topological polar surface area (TPSA) is 58.2 Å². The van der Waals surface area contributed by atoms with Crippen LogP contribution in [0.3, 0.4) is 0 Å². The first-order chi connectivity index (χ1) is 9.40. The molecular formula is C16H20N2O2. The van der Waals surface area contributed by atoms with Crippen LogP contribution in [0.4, 0.5) is 0 Å². The SMILES string of the molecule is C=C(C)CNC(=O)c1cccc(C(=O)NCC(=C)C)c1. The van der Waals surface area contributed by atoms with Crippen molar-refractivity contribution in [3.8, 4) is 0 Å². The molecule has 0 unspecified atom stereocenters. The molecule has 0 atom stereocenters. The molecule has 0 bridgehead atoms. The van der Waals surface area contributed by atoms with Crippen LogP contribution < -0.4 is 10.6 Å². The highest BCUT2D eigenvalue weighted by Crippen LogP contribution is 2.06. The average Bonchev–Trinajstić information content (AvgIpc) is 2.42. The fourth-order valence-corrected chi connectivity index (χ4v) is 1.47. The molecule has 0 saturated carbocycles. The lowest BCUT2D eigenvalue weighted by molar-refractivity contribution is 0.0956. The second kappa shape index (κ2) is 7.28. The van der Waals surface area contributed by atoms with Gasteiger partial charge in [-0.1, -0.05) is 30.4 Å². The van der Waals surface area contributed by atoms with E-state index in [9.17, 15) is 9.59 Å². The van der Waals surface area contributed by atoms with Gasteiger partial charge in [-0.3, -0.25) is 9.59 Å². The summed E-state index contributed by atoms with van der Waals surface area (Å²) in [4.78, 5) is 23.8. The molecule has 106 valence electrons. The number of nitrogens with one attached hydrogen (secondary N) is 2. The first-order valence-corrected chi connectivity index (χ1v) is 6.35. The summed E-state index contributed by atoms with van der Waals surface area (Å²) in [5.41, 5.74) is 2.64. The first kappa shape index (κ1) is 15.7. The van der Waals surface area contributed by atoms with E-state index in [0.29, 0.717) is 24.2 Å². The molecular weight excluding hydrogens is 252 g/mol. The fourth-order valence-electron chi connectivity index (χ4n) is 1.47. The van der Waals surface area contributed by atoms with Crippen molar-refractivity contribution in [1.82, 2.24) is 10.6 Å². The maximum absolute atomic E-state index is 11.9. The number of carbonyl (C=O) groups is 2. The van der Waals surface area contributed by atoms with Crippen LogP contribution in [0, 0.1) is 0 Å². The molecule has 0 aliphatic rings. The molecule has 1 aromatic rings. The summed E-state index contributed by atoms with van der Waals surface area (Å²) < 4.78 is 0. The van der Waals surface area contributed by atoms with E-state index in [2.05, 4.69) is 23.8 Å². The van der Waals surface area contributed by atoms with Crippen LogP contribution in [0.15, 0.2) is 48.6 Å². The van der Waals surface area contributed by atoms with Crippen LogP contribution in [0.5, 0.6) is 0 Å². The predicted octanol–water partition coefficient (Wildman–Crippen LogP) is 2.30. The van der Waals surface area contributed by atoms with Gasteiger partial charge in [0.15, 0.2) is 0 Å². The lowest BCUT2D eigenvalue weighted by Crippen LogP contribution is -2.27. The molecule has 2 N–H and O–H groups in total. The second-order valence-corrected chi connectivity index (χ2v) is 4.86. The summed E-state index contributed by atoms with van der Waals surface area (Å²) in [7, 11) is 0. The van der Waals surface area contributed by atoms with Gasteiger partial charge in [0.25, 0.3) is 11.8 Å². The molecule has 1 rings (SSSR count). The van der Waals surface area contributed by atoms with Crippen molar-refractivity contribution >= 4 is 11.8 Å². The monoisotopic (exact) mass is 272 g/mol. The van der Waals surface area contributed by atoms with Crippen LogP contribution >= 0.6 is 0 Å². The Labute approximate surface area is 119 Å². The first-order valence-electron chi connectivity index (χ1n) is 6.35. The molecule has 0 spiro atoms. The Hall–Kier alpha value is -2.36. The van der Waals surface area contributed by atoms with Gasteiger partial charge in [0.1, 0.15) is 0 Å². The van der Waals surface area contributed by atoms with Crippen molar-refractivity contribution in [2.45, 2.75) is 13.8 Å². The van der Waals surface area contributed by atoms with E-state index in [0.717, 1.165) is 11.1 Å². The maximum atomic E-state index is 11.9. The summed E-state index contributed by atoms with van der Waals surface area (Å²) in [6.07, 6.45) is 0. The van der Waals surface area contributed by atoms with E-state index in [1.54, 1.807) is 24.3 Å². The zero-order chi connectivity index (χ0) is 15.1. The molecule has 2 amide bonds. The Balaban J connectivity index is 2.74. The lowest BCUT2D eigenvalue weighted by Gasteiger charge is -2.08. The van der Waals surface area contributed by atoms with Crippen LogP contribution in [-0.2, 0) is 0 Å². The van der Waals surface area contributed by atoms with E-state index in [1.807, 2.05) is 13.8 Å². The van der Waals surface area contributed by atoms with Gasteiger partial charge in [-0.2, -0.15) is 0 Å². The van der Waals surface area contributed by atoms with Crippen LogP contribution in [0.25, 0.3) is 0 Å². The summed E-state index contributed by atoms with van der Waals surface area (Å²) in [6.45, 7) is 12.0. The van der Waals surface area contributed by atoms with Crippen LogP contribution in [0.1, 0.15) is 34.6 Å². The molecule has 0 aliphatic heterocycles. The molecule has 0 radical (unpaired) electrons. The fraction of sp³-hybridized carbons (Fsp3) is 0.250. The van der Waals surface area contributed by atoms with Gasteiger partial charge >= 0.3 is 0 Å². The van der Waals surface area contributed by atoms with E-state index in [-0.39, 0.29) is 11.8 Å². The third-order valence-corrected chi connectivity index (χ3v) is 2.49. The third-order valence-electron chi connectivity index (χ3n) is 2.49. The van der Waals surface area contributed by atoms with Crippen molar-refractivity contribution in [1.29, 1.82) is 0 Å². The average molecular weight is 272 g/mol. The van der Waals surface area contributed by atoms with Crippen molar-refractivity contribution in [2.75, 3.05) is 13.1 Å². The molecule has 0 saturated heterocycles. The van der Waals surface area contributed by atoms with Crippen molar-refractivity contribution in [2.24, 2.45) is 0 Å². The van der Waals surface area contributed by atoms with Crippen molar-refractivity contribution in [3.05, 3.63) is 59.7 Å². The molecule has 4 nitrogen and oxygen atoms in total. The van der Waals surface area contributed by atoms with Gasteiger partial charge < -0.3 is 10.6 Å². The minimum absolute atomic E-state index is 0.220. The zero-order valence-corrected chi connectivity index (χ0v) is 12.0. The highest BCUT2D eigenvalue weighted by atomic mass is 16.2. The van der Waals surface area contributed by atoms with Gasteiger partial charge in [-0.15, -0.1) is 0 Å². The molecule has 4 heteroatoms.